The van der Waals surface area contributed by atoms with Crippen molar-refractivity contribution in [3.05, 3.63) is 71.1 Å². The van der Waals surface area contributed by atoms with Gasteiger partial charge in [-0.25, -0.2) is 4.39 Å². The van der Waals surface area contributed by atoms with Crippen molar-refractivity contribution >= 4 is 34.1 Å². The summed E-state index contributed by atoms with van der Waals surface area (Å²) < 4.78 is 20.0. The molecule has 32 heavy (non-hydrogen) atoms. The average Bonchev–Trinajstić information content (AvgIpc) is 2.79. The predicted molar refractivity (Wildman–Crippen MR) is 124 cm³/mol. The number of carbonyl (C=O) groups excluding carboxylic acids is 1. The van der Waals surface area contributed by atoms with E-state index in [2.05, 4.69) is 10.3 Å². The topological polar surface area (TPSA) is 51.2 Å². The molecule has 1 spiro atoms. The SMILES string of the molecule is CC(C(=O)Nc1ccc(Cl)cc1)C1COC12CCC(c1ccnc3ccc(F)cc13)CC2. The van der Waals surface area contributed by atoms with Crippen LogP contribution in [0.1, 0.15) is 44.1 Å². The summed E-state index contributed by atoms with van der Waals surface area (Å²) in [6, 6.07) is 14.0. The van der Waals surface area contributed by atoms with E-state index in [1.807, 2.05) is 31.3 Å². The van der Waals surface area contributed by atoms with Crippen LogP contribution in [0.15, 0.2) is 54.7 Å². The number of carbonyl (C=O) groups is 1. The number of hydrogen-bond donors (Lipinski definition) is 1. The number of rotatable bonds is 4. The summed E-state index contributed by atoms with van der Waals surface area (Å²) in [4.78, 5) is 17.3. The van der Waals surface area contributed by atoms with Crippen LogP contribution < -0.4 is 5.32 Å². The normalized spacial score (nSPS) is 26.0. The summed E-state index contributed by atoms with van der Waals surface area (Å²) >= 11 is 5.93. The molecule has 2 aromatic carbocycles. The van der Waals surface area contributed by atoms with E-state index in [4.69, 9.17) is 16.3 Å². The van der Waals surface area contributed by atoms with Gasteiger partial charge in [-0.3, -0.25) is 9.78 Å². The first-order valence-corrected chi connectivity index (χ1v) is 11.6. The fourth-order valence-corrected chi connectivity index (χ4v) is 5.54. The monoisotopic (exact) mass is 452 g/mol. The van der Waals surface area contributed by atoms with Gasteiger partial charge in [-0.05, 0) is 85.7 Å². The number of ether oxygens (including phenoxy) is 1. The molecule has 6 heteroatoms. The lowest BCUT2D eigenvalue weighted by Crippen LogP contribution is -2.59. The molecule has 2 heterocycles. The van der Waals surface area contributed by atoms with Crippen LogP contribution >= 0.6 is 11.6 Å². The third-order valence-electron chi connectivity index (χ3n) is 7.36. The average molecular weight is 453 g/mol. The van der Waals surface area contributed by atoms with Gasteiger partial charge < -0.3 is 10.1 Å². The van der Waals surface area contributed by atoms with Gasteiger partial charge in [0, 0.05) is 34.1 Å². The minimum Gasteiger partial charge on any atom is -0.374 e. The van der Waals surface area contributed by atoms with Gasteiger partial charge in [-0.15, -0.1) is 0 Å². The van der Waals surface area contributed by atoms with Crippen molar-refractivity contribution in [1.82, 2.24) is 4.98 Å². The molecule has 5 rings (SSSR count). The molecule has 1 aromatic heterocycles. The Hall–Kier alpha value is -2.50. The van der Waals surface area contributed by atoms with Crippen molar-refractivity contribution in [2.24, 2.45) is 11.8 Å². The van der Waals surface area contributed by atoms with E-state index >= 15 is 0 Å². The van der Waals surface area contributed by atoms with Crippen molar-refractivity contribution < 1.29 is 13.9 Å². The molecule has 1 amide bonds. The van der Waals surface area contributed by atoms with E-state index < -0.39 is 0 Å². The minimum absolute atomic E-state index is 0.0118. The second-order valence-corrected chi connectivity index (χ2v) is 9.54. The first-order valence-electron chi connectivity index (χ1n) is 11.2. The maximum Gasteiger partial charge on any atom is 0.227 e. The fourth-order valence-electron chi connectivity index (χ4n) is 5.42. The molecule has 0 radical (unpaired) electrons. The van der Waals surface area contributed by atoms with E-state index in [9.17, 15) is 9.18 Å². The van der Waals surface area contributed by atoms with Gasteiger partial charge in [-0.1, -0.05) is 18.5 Å². The molecule has 166 valence electrons. The van der Waals surface area contributed by atoms with Crippen LogP contribution in [-0.2, 0) is 9.53 Å². The number of pyridine rings is 1. The molecular weight excluding hydrogens is 427 g/mol. The standard InChI is InChI=1S/C26H26ClFN2O2/c1-16(25(31)30-20-5-2-18(27)3-6-20)23-15-32-26(23)11-8-17(9-12-26)21-10-13-29-24-7-4-19(28)14-22(21)24/h2-7,10,13-14,16-17,23H,8-9,11-12,15H2,1H3,(H,30,31). The summed E-state index contributed by atoms with van der Waals surface area (Å²) in [7, 11) is 0. The number of hydrogen-bond acceptors (Lipinski definition) is 3. The Balaban J connectivity index is 1.27. The van der Waals surface area contributed by atoms with Gasteiger partial charge in [0.25, 0.3) is 0 Å². The summed E-state index contributed by atoms with van der Waals surface area (Å²) in [5.74, 6) is 0.171. The van der Waals surface area contributed by atoms with Gasteiger partial charge in [-0.2, -0.15) is 0 Å². The molecule has 2 atom stereocenters. The van der Waals surface area contributed by atoms with Gasteiger partial charge in [0.1, 0.15) is 5.82 Å². The van der Waals surface area contributed by atoms with Crippen LogP contribution in [0.25, 0.3) is 10.9 Å². The van der Waals surface area contributed by atoms with E-state index in [0.29, 0.717) is 17.5 Å². The molecule has 1 N–H and O–H groups in total. The van der Waals surface area contributed by atoms with Crippen molar-refractivity contribution in [2.45, 2.75) is 44.1 Å². The Morgan fingerprint density at radius 3 is 2.62 bits per heavy atom. The number of benzene rings is 2. The van der Waals surface area contributed by atoms with Gasteiger partial charge >= 0.3 is 0 Å². The Bertz CT molecular complexity index is 1140. The van der Waals surface area contributed by atoms with Crippen molar-refractivity contribution in [3.8, 4) is 0 Å². The second kappa shape index (κ2) is 8.45. The first-order chi connectivity index (χ1) is 15.4. The third kappa shape index (κ3) is 3.89. The Kier molecular flexibility index (Phi) is 5.64. The zero-order chi connectivity index (χ0) is 22.3. The number of nitrogens with zero attached hydrogens (tertiary/aromatic N) is 1. The van der Waals surface area contributed by atoms with E-state index in [1.54, 1.807) is 24.3 Å². The Morgan fingerprint density at radius 1 is 1.19 bits per heavy atom. The van der Waals surface area contributed by atoms with Gasteiger partial charge in [0.2, 0.25) is 5.91 Å². The number of fused-ring (bicyclic) bond motifs is 1. The highest BCUT2D eigenvalue weighted by Crippen LogP contribution is 2.51. The number of nitrogens with one attached hydrogen (secondary N) is 1. The fraction of sp³-hybridized carbons (Fsp3) is 0.385. The van der Waals surface area contributed by atoms with Crippen LogP contribution in [0, 0.1) is 17.7 Å². The molecule has 1 aliphatic heterocycles. The first kappa shape index (κ1) is 21.4. The lowest BCUT2D eigenvalue weighted by Gasteiger charge is -2.54. The Labute approximate surface area is 192 Å². The summed E-state index contributed by atoms with van der Waals surface area (Å²) in [6.45, 7) is 2.61. The van der Waals surface area contributed by atoms with Crippen LogP contribution in [0.4, 0.5) is 10.1 Å². The highest BCUT2D eigenvalue weighted by Gasteiger charge is 2.53. The molecule has 2 aliphatic rings. The quantitative estimate of drug-likeness (QED) is 0.502. The van der Waals surface area contributed by atoms with Gasteiger partial charge in [0.05, 0.1) is 17.7 Å². The highest BCUT2D eigenvalue weighted by atomic mass is 35.5. The molecule has 2 unspecified atom stereocenters. The van der Waals surface area contributed by atoms with Gasteiger partial charge in [0.15, 0.2) is 0 Å². The largest absolute Gasteiger partial charge is 0.374 e. The number of halogens is 2. The lowest BCUT2D eigenvalue weighted by molar-refractivity contribution is -0.234. The number of anilines is 1. The molecule has 1 saturated carbocycles. The number of amides is 1. The maximum atomic E-state index is 13.9. The lowest BCUT2D eigenvalue weighted by atomic mass is 9.64. The van der Waals surface area contributed by atoms with Crippen LogP contribution in [-0.4, -0.2) is 23.1 Å². The van der Waals surface area contributed by atoms with Crippen LogP contribution in [0.3, 0.4) is 0 Å². The van der Waals surface area contributed by atoms with Crippen LogP contribution in [0.5, 0.6) is 0 Å². The Morgan fingerprint density at radius 2 is 1.94 bits per heavy atom. The van der Waals surface area contributed by atoms with E-state index in [-0.39, 0.29) is 29.2 Å². The predicted octanol–water partition coefficient (Wildman–Crippen LogP) is 6.34. The highest BCUT2D eigenvalue weighted by molar-refractivity contribution is 6.30. The molecule has 1 aliphatic carbocycles. The van der Waals surface area contributed by atoms with E-state index in [1.165, 1.54) is 6.07 Å². The maximum absolute atomic E-state index is 13.9. The van der Waals surface area contributed by atoms with Crippen LogP contribution in [0.2, 0.25) is 5.02 Å². The van der Waals surface area contributed by atoms with E-state index in [0.717, 1.165) is 47.8 Å². The van der Waals surface area contributed by atoms with Crippen molar-refractivity contribution in [2.75, 3.05) is 11.9 Å². The molecule has 4 nitrogen and oxygen atoms in total. The number of aromatic nitrogens is 1. The smallest absolute Gasteiger partial charge is 0.227 e. The second-order valence-electron chi connectivity index (χ2n) is 9.10. The molecular formula is C26H26ClFN2O2. The summed E-state index contributed by atoms with van der Waals surface area (Å²) in [5, 5.41) is 4.55. The molecule has 2 fully saturated rings. The van der Waals surface area contributed by atoms with Crippen molar-refractivity contribution in [1.29, 1.82) is 0 Å². The minimum atomic E-state index is -0.235. The molecule has 1 saturated heterocycles. The third-order valence-corrected chi connectivity index (χ3v) is 7.62. The molecule has 0 bridgehead atoms. The van der Waals surface area contributed by atoms with Crippen molar-refractivity contribution in [3.63, 3.8) is 0 Å². The summed E-state index contributed by atoms with van der Waals surface area (Å²) in [6.07, 6.45) is 5.53. The molecule has 3 aromatic rings. The zero-order valence-electron chi connectivity index (χ0n) is 18.0. The summed E-state index contributed by atoms with van der Waals surface area (Å²) in [5.41, 5.74) is 2.51. The zero-order valence-corrected chi connectivity index (χ0v) is 18.7.